The van der Waals surface area contributed by atoms with Crippen molar-refractivity contribution in [3.8, 4) is 0 Å². The molecule has 0 amide bonds. The maximum absolute atomic E-state index is 3.40. The fourth-order valence-corrected chi connectivity index (χ4v) is 4.31. The fraction of sp³-hybridized carbons (Fsp3) is 0.750. The Morgan fingerprint density at radius 1 is 1.39 bits per heavy atom. The molecule has 1 aliphatic rings. The Kier molecular flexibility index (Phi) is 4.85. The average molecular weight is 265 g/mol. The van der Waals surface area contributed by atoms with E-state index in [0.717, 1.165) is 23.7 Å². The van der Waals surface area contributed by atoms with Crippen molar-refractivity contribution in [1.29, 1.82) is 0 Å². The van der Waals surface area contributed by atoms with Crippen LogP contribution in [0.25, 0.3) is 0 Å². The molecule has 1 aromatic heterocycles. The highest BCUT2D eigenvalue weighted by molar-refractivity contribution is 7.10. The molecule has 0 radical (unpaired) electrons. The van der Waals surface area contributed by atoms with Crippen molar-refractivity contribution < 1.29 is 0 Å². The van der Waals surface area contributed by atoms with Crippen molar-refractivity contribution in [3.05, 3.63) is 21.9 Å². The van der Waals surface area contributed by atoms with Gasteiger partial charge in [0, 0.05) is 4.88 Å². The zero-order valence-corrected chi connectivity index (χ0v) is 13.0. The van der Waals surface area contributed by atoms with Crippen LogP contribution in [-0.2, 0) is 0 Å². The minimum atomic E-state index is 0.782. The molecule has 2 heteroatoms. The Labute approximate surface area is 116 Å². The van der Waals surface area contributed by atoms with E-state index in [1.807, 2.05) is 11.3 Å². The van der Waals surface area contributed by atoms with Crippen molar-refractivity contribution in [2.45, 2.75) is 46.0 Å². The fourth-order valence-electron chi connectivity index (χ4n) is 3.54. The minimum Gasteiger partial charge on any atom is -0.319 e. The van der Waals surface area contributed by atoms with E-state index in [4.69, 9.17) is 0 Å². The van der Waals surface area contributed by atoms with Gasteiger partial charge < -0.3 is 5.32 Å². The van der Waals surface area contributed by atoms with Gasteiger partial charge in [-0.25, -0.2) is 0 Å². The van der Waals surface area contributed by atoms with E-state index in [0.29, 0.717) is 0 Å². The van der Waals surface area contributed by atoms with E-state index in [9.17, 15) is 0 Å². The van der Waals surface area contributed by atoms with Crippen molar-refractivity contribution in [1.82, 2.24) is 5.32 Å². The molecule has 1 aliphatic carbocycles. The molecule has 18 heavy (non-hydrogen) atoms. The maximum Gasteiger partial charge on any atom is 0.00491 e. The molecule has 0 bridgehead atoms. The number of aryl methyl sites for hydroxylation is 1. The highest BCUT2D eigenvalue weighted by atomic mass is 32.1. The lowest BCUT2D eigenvalue weighted by Crippen LogP contribution is -2.32. The van der Waals surface area contributed by atoms with E-state index in [1.54, 1.807) is 5.56 Å². The van der Waals surface area contributed by atoms with E-state index in [2.05, 4.69) is 44.6 Å². The molecule has 1 nitrogen and oxygen atoms in total. The van der Waals surface area contributed by atoms with Crippen molar-refractivity contribution in [3.63, 3.8) is 0 Å². The predicted molar refractivity (Wildman–Crippen MR) is 81.4 cm³/mol. The second kappa shape index (κ2) is 6.21. The first-order chi connectivity index (χ1) is 8.63. The summed E-state index contributed by atoms with van der Waals surface area (Å²) in [5.74, 6) is 3.37. The standard InChI is InChI=1S/C16H27NS/c1-11(2)13-5-6-14(10-17-4)16(9-13)15-7-8-18-12(15)3/h7-8,11,13-14,16-17H,5-6,9-10H2,1-4H3. The normalized spacial score (nSPS) is 28.8. The van der Waals surface area contributed by atoms with Crippen LogP contribution in [0.2, 0.25) is 0 Å². The third kappa shape index (κ3) is 2.97. The van der Waals surface area contributed by atoms with Crippen molar-refractivity contribution in [2.75, 3.05) is 13.6 Å². The zero-order valence-electron chi connectivity index (χ0n) is 12.2. The number of hydrogen-bond acceptors (Lipinski definition) is 2. The lowest BCUT2D eigenvalue weighted by atomic mass is 9.68. The summed E-state index contributed by atoms with van der Waals surface area (Å²) in [6, 6.07) is 2.37. The summed E-state index contributed by atoms with van der Waals surface area (Å²) in [7, 11) is 2.09. The molecule has 3 unspecified atom stereocenters. The van der Waals surface area contributed by atoms with Crippen molar-refractivity contribution >= 4 is 11.3 Å². The summed E-state index contributed by atoms with van der Waals surface area (Å²) in [5, 5.41) is 5.66. The molecular weight excluding hydrogens is 238 g/mol. The monoisotopic (exact) mass is 265 g/mol. The molecule has 3 atom stereocenters. The summed E-state index contributed by atoms with van der Waals surface area (Å²) >= 11 is 1.91. The average Bonchev–Trinajstić information content (AvgIpc) is 2.76. The Hall–Kier alpha value is -0.340. The second-order valence-corrected chi connectivity index (χ2v) is 7.29. The third-order valence-corrected chi connectivity index (χ3v) is 5.60. The van der Waals surface area contributed by atoms with Crippen LogP contribution in [-0.4, -0.2) is 13.6 Å². The molecule has 2 rings (SSSR count). The van der Waals surface area contributed by atoms with Crippen LogP contribution in [0.15, 0.2) is 11.4 Å². The highest BCUT2D eigenvalue weighted by Crippen LogP contribution is 2.44. The molecule has 102 valence electrons. The smallest absolute Gasteiger partial charge is 0.00491 e. The van der Waals surface area contributed by atoms with E-state index < -0.39 is 0 Å². The van der Waals surface area contributed by atoms with Gasteiger partial charge in [-0.15, -0.1) is 11.3 Å². The van der Waals surface area contributed by atoms with Gasteiger partial charge in [0.1, 0.15) is 0 Å². The first kappa shape index (κ1) is 14.1. The van der Waals surface area contributed by atoms with Gasteiger partial charge in [0.25, 0.3) is 0 Å². The Morgan fingerprint density at radius 3 is 2.72 bits per heavy atom. The predicted octanol–water partition coefficient (Wildman–Crippen LogP) is 4.43. The second-order valence-electron chi connectivity index (χ2n) is 6.17. The largest absolute Gasteiger partial charge is 0.319 e. The molecule has 1 fully saturated rings. The van der Waals surface area contributed by atoms with Crippen LogP contribution in [0.1, 0.15) is 49.5 Å². The first-order valence-electron chi connectivity index (χ1n) is 7.32. The summed E-state index contributed by atoms with van der Waals surface area (Å²) < 4.78 is 0. The van der Waals surface area contributed by atoms with Gasteiger partial charge in [0.15, 0.2) is 0 Å². The van der Waals surface area contributed by atoms with E-state index in [-0.39, 0.29) is 0 Å². The summed E-state index contributed by atoms with van der Waals surface area (Å²) in [6.45, 7) is 8.24. The number of nitrogens with one attached hydrogen (secondary N) is 1. The SMILES string of the molecule is CNCC1CCC(C(C)C)CC1c1ccsc1C. The number of hydrogen-bond donors (Lipinski definition) is 1. The molecule has 0 aromatic carbocycles. The van der Waals surface area contributed by atoms with Crippen LogP contribution >= 0.6 is 11.3 Å². The Balaban J connectivity index is 2.17. The van der Waals surface area contributed by atoms with Gasteiger partial charge in [-0.2, -0.15) is 0 Å². The zero-order chi connectivity index (χ0) is 13.1. The summed E-state index contributed by atoms with van der Waals surface area (Å²) in [4.78, 5) is 1.53. The number of rotatable bonds is 4. The molecule has 1 saturated carbocycles. The molecule has 1 heterocycles. The topological polar surface area (TPSA) is 12.0 Å². The lowest BCUT2D eigenvalue weighted by molar-refractivity contribution is 0.192. The van der Waals surface area contributed by atoms with Crippen LogP contribution in [0.4, 0.5) is 0 Å². The maximum atomic E-state index is 3.40. The quantitative estimate of drug-likeness (QED) is 0.849. The van der Waals surface area contributed by atoms with Crippen molar-refractivity contribution in [2.24, 2.45) is 17.8 Å². The molecule has 0 aliphatic heterocycles. The summed E-state index contributed by atoms with van der Waals surface area (Å²) in [6.07, 6.45) is 4.20. The Morgan fingerprint density at radius 2 is 2.17 bits per heavy atom. The summed E-state index contributed by atoms with van der Waals surface area (Å²) in [5.41, 5.74) is 1.63. The minimum absolute atomic E-state index is 0.782. The van der Waals surface area contributed by atoms with Gasteiger partial charge in [-0.05, 0) is 80.5 Å². The van der Waals surface area contributed by atoms with Gasteiger partial charge in [-0.3, -0.25) is 0 Å². The molecule has 1 N–H and O–H groups in total. The molecule has 1 aromatic rings. The third-order valence-electron chi connectivity index (χ3n) is 4.74. The lowest BCUT2D eigenvalue weighted by Gasteiger charge is -2.38. The van der Waals surface area contributed by atoms with Gasteiger partial charge in [-0.1, -0.05) is 13.8 Å². The van der Waals surface area contributed by atoms with Crippen LogP contribution in [0.3, 0.4) is 0 Å². The van der Waals surface area contributed by atoms with Crippen LogP contribution < -0.4 is 5.32 Å². The highest BCUT2D eigenvalue weighted by Gasteiger charge is 2.33. The first-order valence-corrected chi connectivity index (χ1v) is 8.20. The van der Waals surface area contributed by atoms with Crippen LogP contribution in [0, 0.1) is 24.7 Å². The molecule has 0 spiro atoms. The van der Waals surface area contributed by atoms with Gasteiger partial charge in [0.2, 0.25) is 0 Å². The number of thiophene rings is 1. The van der Waals surface area contributed by atoms with E-state index >= 15 is 0 Å². The Bertz CT molecular complexity index is 369. The van der Waals surface area contributed by atoms with Gasteiger partial charge in [0.05, 0.1) is 0 Å². The van der Waals surface area contributed by atoms with Crippen LogP contribution in [0.5, 0.6) is 0 Å². The molecular formula is C16H27NS. The van der Waals surface area contributed by atoms with Gasteiger partial charge >= 0.3 is 0 Å². The molecule has 0 saturated heterocycles. The van der Waals surface area contributed by atoms with E-state index in [1.165, 1.54) is 30.7 Å².